The molecular formula is C32H36N4O7S. The molecule has 0 aliphatic carbocycles. The maximum Gasteiger partial charge on any atom is 0.408 e. The molecule has 0 spiro atoms. The topological polar surface area (TPSA) is 140 Å². The largest absolute Gasteiger partial charge is 0.477 e. The SMILES string of the molecule is Cc1ccc(S(=O)(=O)n2ccc3c(-c4cc(CN(C(=O)O)C(C)(C)C)cc5c4OC(C(C)C)C(=O)N5)cn(C)c(=O)c32)cc1. The number of pyridine rings is 1. The van der Waals surface area contributed by atoms with Crippen LogP contribution in [-0.2, 0) is 28.4 Å². The third-order valence-corrected chi connectivity index (χ3v) is 9.44. The second-order valence-electron chi connectivity index (χ2n) is 12.5. The highest BCUT2D eigenvalue weighted by Gasteiger charge is 2.34. The molecule has 1 unspecified atom stereocenters. The van der Waals surface area contributed by atoms with Crippen molar-refractivity contribution in [3.63, 3.8) is 0 Å². The highest BCUT2D eigenvalue weighted by atomic mass is 32.2. The number of anilines is 1. The highest BCUT2D eigenvalue weighted by Crippen LogP contribution is 2.44. The van der Waals surface area contributed by atoms with Crippen molar-refractivity contribution in [3.05, 3.63) is 76.3 Å². The van der Waals surface area contributed by atoms with Crippen molar-refractivity contribution >= 4 is 38.6 Å². The monoisotopic (exact) mass is 620 g/mol. The fourth-order valence-electron chi connectivity index (χ4n) is 5.37. The van der Waals surface area contributed by atoms with E-state index in [9.17, 15) is 27.9 Å². The number of amides is 2. The normalized spacial score (nSPS) is 15.2. The molecule has 1 atom stereocenters. The quantitative estimate of drug-likeness (QED) is 0.303. The summed E-state index contributed by atoms with van der Waals surface area (Å²) in [7, 11) is -2.60. The summed E-state index contributed by atoms with van der Waals surface area (Å²) in [6.45, 7) is 10.9. The summed E-state index contributed by atoms with van der Waals surface area (Å²) in [4.78, 5) is 40.0. The highest BCUT2D eigenvalue weighted by molar-refractivity contribution is 7.90. The number of nitrogens with one attached hydrogen (secondary N) is 1. The number of carbonyl (C=O) groups excluding carboxylic acids is 1. The van der Waals surface area contributed by atoms with Crippen molar-refractivity contribution < 1.29 is 27.9 Å². The van der Waals surface area contributed by atoms with Crippen LogP contribution in [0.5, 0.6) is 5.75 Å². The van der Waals surface area contributed by atoms with E-state index in [1.54, 1.807) is 57.3 Å². The number of hydrogen-bond acceptors (Lipinski definition) is 6. The minimum atomic E-state index is -4.13. The van der Waals surface area contributed by atoms with E-state index in [1.165, 1.54) is 34.8 Å². The zero-order chi connectivity index (χ0) is 32.3. The maximum atomic E-state index is 13.7. The van der Waals surface area contributed by atoms with Crippen molar-refractivity contribution in [1.82, 2.24) is 13.4 Å². The van der Waals surface area contributed by atoms with Crippen LogP contribution in [-0.4, -0.2) is 50.6 Å². The van der Waals surface area contributed by atoms with Gasteiger partial charge in [-0.25, -0.2) is 17.2 Å². The van der Waals surface area contributed by atoms with Gasteiger partial charge in [-0.15, -0.1) is 0 Å². The zero-order valence-electron chi connectivity index (χ0n) is 25.7. The molecule has 2 aromatic carbocycles. The van der Waals surface area contributed by atoms with Gasteiger partial charge in [-0.3, -0.25) is 14.5 Å². The molecule has 0 bridgehead atoms. The molecule has 2 aromatic heterocycles. The van der Waals surface area contributed by atoms with Crippen LogP contribution < -0.4 is 15.6 Å². The molecule has 0 radical (unpaired) electrons. The van der Waals surface area contributed by atoms with Gasteiger partial charge in [0.2, 0.25) is 0 Å². The van der Waals surface area contributed by atoms with Gasteiger partial charge >= 0.3 is 6.09 Å². The average Bonchev–Trinajstić information content (AvgIpc) is 3.39. The second-order valence-corrected chi connectivity index (χ2v) is 14.3. The van der Waals surface area contributed by atoms with E-state index in [2.05, 4.69) is 5.32 Å². The van der Waals surface area contributed by atoms with Crippen LogP contribution in [0.2, 0.25) is 0 Å². The Hall–Kier alpha value is -4.58. The van der Waals surface area contributed by atoms with E-state index >= 15 is 0 Å². The first-order valence-electron chi connectivity index (χ1n) is 14.2. The van der Waals surface area contributed by atoms with Crippen molar-refractivity contribution in [2.75, 3.05) is 5.32 Å². The van der Waals surface area contributed by atoms with Gasteiger partial charge in [0.15, 0.2) is 11.9 Å². The molecule has 232 valence electrons. The van der Waals surface area contributed by atoms with Crippen LogP contribution in [0.3, 0.4) is 0 Å². The van der Waals surface area contributed by atoms with Gasteiger partial charge in [-0.1, -0.05) is 31.5 Å². The number of fused-ring (bicyclic) bond motifs is 2. The number of rotatable bonds is 6. The second kappa shape index (κ2) is 10.8. The lowest BCUT2D eigenvalue weighted by Crippen LogP contribution is -2.44. The molecule has 1 aliphatic heterocycles. The zero-order valence-corrected chi connectivity index (χ0v) is 26.5. The smallest absolute Gasteiger partial charge is 0.408 e. The standard InChI is InChI=1S/C32H36N4O7S/c1-18(2)27-29(37)33-25-15-20(16-35(31(39)40)32(4,5)6)14-23(28(25)43-27)24-17-34(7)30(38)26-22(24)12-13-36(26)44(41,42)21-10-8-19(3)9-11-21/h8-15,17-18,27H,16H2,1-7H3,(H,33,37)(H,39,40). The van der Waals surface area contributed by atoms with E-state index in [-0.39, 0.29) is 28.8 Å². The number of hydrogen-bond donors (Lipinski definition) is 2. The number of benzene rings is 2. The number of aryl methyl sites for hydroxylation is 2. The van der Waals surface area contributed by atoms with Gasteiger partial charge in [-0.05, 0) is 69.5 Å². The number of aromatic nitrogens is 2. The Bertz CT molecular complexity index is 1970. The Morgan fingerprint density at radius 2 is 1.75 bits per heavy atom. The summed E-state index contributed by atoms with van der Waals surface area (Å²) in [6, 6.07) is 11.4. The van der Waals surface area contributed by atoms with Crippen molar-refractivity contribution in [1.29, 1.82) is 0 Å². The molecule has 3 heterocycles. The minimum Gasteiger partial charge on any atom is -0.477 e. The number of carbonyl (C=O) groups is 2. The van der Waals surface area contributed by atoms with Crippen molar-refractivity contribution in [2.24, 2.45) is 13.0 Å². The van der Waals surface area contributed by atoms with Gasteiger partial charge in [0.05, 0.1) is 10.6 Å². The summed E-state index contributed by atoms with van der Waals surface area (Å²) in [5, 5.41) is 13.2. The lowest BCUT2D eigenvalue weighted by molar-refractivity contribution is -0.125. The predicted molar refractivity (Wildman–Crippen MR) is 168 cm³/mol. The summed E-state index contributed by atoms with van der Waals surface area (Å²) >= 11 is 0. The molecule has 0 saturated heterocycles. The molecule has 1 aliphatic rings. The minimum absolute atomic E-state index is 0.000312. The van der Waals surface area contributed by atoms with E-state index in [0.29, 0.717) is 33.5 Å². The molecule has 2 N–H and O–H groups in total. The molecule has 11 nitrogen and oxygen atoms in total. The van der Waals surface area contributed by atoms with Gasteiger partial charge in [0, 0.05) is 48.0 Å². The Morgan fingerprint density at radius 3 is 2.34 bits per heavy atom. The van der Waals surface area contributed by atoms with E-state index < -0.39 is 33.3 Å². The lowest BCUT2D eigenvalue weighted by atomic mass is 9.96. The lowest BCUT2D eigenvalue weighted by Gasteiger charge is -2.34. The molecule has 5 rings (SSSR count). The van der Waals surface area contributed by atoms with Gasteiger partial charge < -0.3 is 19.7 Å². The summed E-state index contributed by atoms with van der Waals surface area (Å²) < 4.78 is 36.0. The Kier molecular flexibility index (Phi) is 7.61. The average molecular weight is 621 g/mol. The fraction of sp³-hybridized carbons (Fsp3) is 0.344. The first-order chi connectivity index (χ1) is 20.5. The van der Waals surface area contributed by atoms with Crippen molar-refractivity contribution in [2.45, 2.75) is 64.6 Å². The van der Waals surface area contributed by atoms with Gasteiger partial charge in [-0.2, -0.15) is 0 Å². The number of carboxylic acid groups (broad SMARTS) is 1. The van der Waals surface area contributed by atoms with Crippen LogP contribution in [0, 0.1) is 12.8 Å². The number of nitrogens with zero attached hydrogens (tertiary/aromatic N) is 3. The molecule has 12 heteroatoms. The first-order valence-corrected chi connectivity index (χ1v) is 15.6. The summed E-state index contributed by atoms with van der Waals surface area (Å²) in [5.74, 6) is -0.152. The third-order valence-electron chi connectivity index (χ3n) is 7.75. The Balaban J connectivity index is 1.78. The van der Waals surface area contributed by atoms with E-state index in [4.69, 9.17) is 4.74 Å². The Morgan fingerprint density at radius 1 is 1.09 bits per heavy atom. The van der Waals surface area contributed by atoms with Crippen LogP contribution in [0.25, 0.3) is 22.0 Å². The van der Waals surface area contributed by atoms with Crippen LogP contribution in [0.1, 0.15) is 45.7 Å². The van der Waals surface area contributed by atoms with Crippen molar-refractivity contribution in [3.8, 4) is 16.9 Å². The summed E-state index contributed by atoms with van der Waals surface area (Å²) in [5.41, 5.74) is 1.48. The summed E-state index contributed by atoms with van der Waals surface area (Å²) in [6.07, 6.45) is 1.04. The maximum absolute atomic E-state index is 13.7. The number of ether oxygens (including phenoxy) is 1. The Labute approximate surface area is 255 Å². The van der Waals surface area contributed by atoms with Crippen LogP contribution in [0.4, 0.5) is 10.5 Å². The molecule has 2 amide bonds. The molecule has 44 heavy (non-hydrogen) atoms. The van der Waals surface area contributed by atoms with E-state index in [0.717, 1.165) is 9.54 Å². The molecule has 4 aromatic rings. The predicted octanol–water partition coefficient (Wildman–Crippen LogP) is 5.19. The van der Waals surface area contributed by atoms with Gasteiger partial charge in [0.25, 0.3) is 21.5 Å². The van der Waals surface area contributed by atoms with E-state index in [1.807, 2.05) is 20.8 Å². The fourth-order valence-corrected chi connectivity index (χ4v) is 6.71. The molecule has 0 saturated carbocycles. The van der Waals surface area contributed by atoms with Crippen LogP contribution >= 0.6 is 0 Å². The molecular weight excluding hydrogens is 584 g/mol. The third kappa shape index (κ3) is 5.34. The van der Waals surface area contributed by atoms with Crippen LogP contribution in [0.15, 0.2) is 64.5 Å². The molecule has 0 fully saturated rings. The van der Waals surface area contributed by atoms with Gasteiger partial charge in [0.1, 0.15) is 5.52 Å². The first kappa shape index (κ1) is 30.9.